The van der Waals surface area contributed by atoms with E-state index in [4.69, 9.17) is 17.3 Å². The number of nitrogens with two attached hydrogens (primary N) is 1. The van der Waals surface area contributed by atoms with Crippen LogP contribution >= 0.6 is 11.6 Å². The number of aryl methyl sites for hydroxylation is 1. The van der Waals surface area contributed by atoms with Crippen LogP contribution in [-0.4, -0.2) is 5.91 Å². The normalized spacial score (nSPS) is 14.7. The second kappa shape index (κ2) is 3.83. The molecule has 1 aliphatic rings. The number of rotatable bonds is 1. The Labute approximate surface area is 93.6 Å². The molecule has 1 aromatic rings. The molecule has 0 spiro atoms. The minimum Gasteiger partial charge on any atom is -0.326 e. The quantitative estimate of drug-likeness (QED) is 0.767. The number of nitrogens with one attached hydrogen (secondary N) is 1. The van der Waals surface area contributed by atoms with Gasteiger partial charge in [0.2, 0.25) is 5.91 Å². The lowest BCUT2D eigenvalue weighted by Crippen LogP contribution is -2.21. The number of halogens is 1. The highest BCUT2D eigenvalue weighted by molar-refractivity contribution is 6.31. The van der Waals surface area contributed by atoms with Crippen LogP contribution in [0.1, 0.15) is 23.1 Å². The van der Waals surface area contributed by atoms with Gasteiger partial charge in [0.25, 0.3) is 0 Å². The maximum absolute atomic E-state index is 11.3. The van der Waals surface area contributed by atoms with Crippen molar-refractivity contribution in [1.82, 2.24) is 0 Å². The lowest BCUT2D eigenvalue weighted by atomic mass is 9.95. The summed E-state index contributed by atoms with van der Waals surface area (Å²) >= 11 is 6.10. The molecular formula is C11H13ClN2O. The van der Waals surface area contributed by atoms with Crippen LogP contribution in [0.2, 0.25) is 5.02 Å². The third-order valence-electron chi connectivity index (χ3n) is 2.82. The SMILES string of the molecule is Cc1c(Cl)cc2c(c1CN)NC(=O)CC2. The minimum absolute atomic E-state index is 0.0546. The van der Waals surface area contributed by atoms with Crippen molar-refractivity contribution in [1.29, 1.82) is 0 Å². The topological polar surface area (TPSA) is 55.1 Å². The van der Waals surface area contributed by atoms with Crippen LogP contribution in [0.5, 0.6) is 0 Å². The highest BCUT2D eigenvalue weighted by Gasteiger charge is 2.20. The molecule has 1 heterocycles. The van der Waals surface area contributed by atoms with E-state index >= 15 is 0 Å². The third kappa shape index (κ3) is 1.73. The van der Waals surface area contributed by atoms with Crippen molar-refractivity contribution in [3.8, 4) is 0 Å². The Bertz CT molecular complexity index is 429. The molecule has 0 unspecified atom stereocenters. The van der Waals surface area contributed by atoms with Crippen molar-refractivity contribution in [2.24, 2.45) is 5.73 Å². The molecule has 0 radical (unpaired) electrons. The minimum atomic E-state index is 0.0546. The van der Waals surface area contributed by atoms with Crippen LogP contribution in [-0.2, 0) is 17.8 Å². The van der Waals surface area contributed by atoms with E-state index in [0.717, 1.165) is 33.8 Å². The van der Waals surface area contributed by atoms with E-state index in [9.17, 15) is 4.79 Å². The first kappa shape index (κ1) is 10.5. The average molecular weight is 225 g/mol. The summed E-state index contributed by atoms with van der Waals surface area (Å²) in [6, 6.07) is 1.92. The van der Waals surface area contributed by atoms with Gasteiger partial charge in [0.15, 0.2) is 0 Å². The lowest BCUT2D eigenvalue weighted by molar-refractivity contribution is -0.116. The molecule has 1 aromatic carbocycles. The maximum atomic E-state index is 11.3. The van der Waals surface area contributed by atoms with E-state index in [1.54, 1.807) is 0 Å². The summed E-state index contributed by atoms with van der Waals surface area (Å²) in [7, 11) is 0. The van der Waals surface area contributed by atoms with E-state index in [0.29, 0.717) is 13.0 Å². The maximum Gasteiger partial charge on any atom is 0.224 e. The zero-order valence-electron chi connectivity index (χ0n) is 8.56. The van der Waals surface area contributed by atoms with Gasteiger partial charge in [-0.1, -0.05) is 11.6 Å². The summed E-state index contributed by atoms with van der Waals surface area (Å²) in [5.74, 6) is 0.0546. The van der Waals surface area contributed by atoms with Crippen LogP contribution < -0.4 is 11.1 Å². The average Bonchev–Trinajstić information content (AvgIpc) is 2.21. The predicted octanol–water partition coefficient (Wildman–Crippen LogP) is 1.99. The first-order valence-electron chi connectivity index (χ1n) is 4.94. The molecule has 80 valence electrons. The number of anilines is 1. The van der Waals surface area contributed by atoms with Gasteiger partial charge in [-0.25, -0.2) is 0 Å². The zero-order valence-corrected chi connectivity index (χ0v) is 9.32. The molecule has 4 heteroatoms. The third-order valence-corrected chi connectivity index (χ3v) is 3.22. The lowest BCUT2D eigenvalue weighted by Gasteiger charge is -2.22. The Balaban J connectivity index is 2.61. The van der Waals surface area contributed by atoms with Gasteiger partial charge in [0, 0.05) is 23.7 Å². The number of carbonyl (C=O) groups is 1. The van der Waals surface area contributed by atoms with Gasteiger partial charge in [0.1, 0.15) is 0 Å². The number of carbonyl (C=O) groups excluding carboxylic acids is 1. The van der Waals surface area contributed by atoms with Crippen LogP contribution in [0.25, 0.3) is 0 Å². The molecule has 0 atom stereocenters. The van der Waals surface area contributed by atoms with Gasteiger partial charge in [-0.05, 0) is 36.1 Å². The largest absolute Gasteiger partial charge is 0.326 e. The number of benzene rings is 1. The fourth-order valence-electron chi connectivity index (χ4n) is 1.92. The van der Waals surface area contributed by atoms with E-state index in [1.165, 1.54) is 0 Å². The van der Waals surface area contributed by atoms with Crippen LogP contribution in [0.15, 0.2) is 6.07 Å². The van der Waals surface area contributed by atoms with Gasteiger partial charge in [-0.2, -0.15) is 0 Å². The smallest absolute Gasteiger partial charge is 0.224 e. The highest BCUT2D eigenvalue weighted by atomic mass is 35.5. The summed E-state index contributed by atoms with van der Waals surface area (Å²) in [6.07, 6.45) is 1.27. The second-order valence-corrected chi connectivity index (χ2v) is 4.16. The van der Waals surface area contributed by atoms with Crippen molar-refractivity contribution in [2.75, 3.05) is 5.32 Å². The molecule has 2 rings (SSSR count). The number of hydrogen-bond acceptors (Lipinski definition) is 2. The molecular weight excluding hydrogens is 212 g/mol. The molecule has 0 fully saturated rings. The highest BCUT2D eigenvalue weighted by Crippen LogP contribution is 2.33. The van der Waals surface area contributed by atoms with E-state index in [1.807, 2.05) is 13.0 Å². The Morgan fingerprint density at radius 3 is 2.93 bits per heavy atom. The number of hydrogen-bond donors (Lipinski definition) is 2. The summed E-state index contributed by atoms with van der Waals surface area (Å²) in [6.45, 7) is 2.32. The fourth-order valence-corrected chi connectivity index (χ4v) is 2.16. The number of fused-ring (bicyclic) bond motifs is 1. The Morgan fingerprint density at radius 2 is 2.27 bits per heavy atom. The monoisotopic (exact) mass is 224 g/mol. The van der Waals surface area contributed by atoms with Crippen LogP contribution in [0.3, 0.4) is 0 Å². The first-order chi connectivity index (χ1) is 7.13. The molecule has 0 saturated carbocycles. The van der Waals surface area contributed by atoms with Crippen LogP contribution in [0, 0.1) is 6.92 Å². The Kier molecular flexibility index (Phi) is 2.67. The summed E-state index contributed by atoms with van der Waals surface area (Å²) in [4.78, 5) is 11.3. The predicted molar refractivity (Wildman–Crippen MR) is 61.0 cm³/mol. The van der Waals surface area contributed by atoms with Gasteiger partial charge in [0.05, 0.1) is 0 Å². The van der Waals surface area contributed by atoms with Crippen molar-refractivity contribution in [3.63, 3.8) is 0 Å². The van der Waals surface area contributed by atoms with Crippen molar-refractivity contribution in [2.45, 2.75) is 26.3 Å². The van der Waals surface area contributed by atoms with E-state index in [-0.39, 0.29) is 5.91 Å². The van der Waals surface area contributed by atoms with Crippen LogP contribution in [0.4, 0.5) is 5.69 Å². The van der Waals surface area contributed by atoms with E-state index in [2.05, 4.69) is 5.32 Å². The van der Waals surface area contributed by atoms with Gasteiger partial charge < -0.3 is 11.1 Å². The van der Waals surface area contributed by atoms with Gasteiger partial charge >= 0.3 is 0 Å². The molecule has 1 aliphatic heterocycles. The zero-order chi connectivity index (χ0) is 11.0. The standard InChI is InChI=1S/C11H13ClN2O/c1-6-8(5-13)11-7(4-9(6)12)2-3-10(15)14-11/h4H,2-3,5,13H2,1H3,(H,14,15). The molecule has 0 aromatic heterocycles. The summed E-state index contributed by atoms with van der Waals surface area (Å²) < 4.78 is 0. The van der Waals surface area contributed by atoms with Gasteiger partial charge in [-0.3, -0.25) is 4.79 Å². The molecule has 0 saturated heterocycles. The Morgan fingerprint density at radius 1 is 1.53 bits per heavy atom. The number of amides is 1. The fraction of sp³-hybridized carbons (Fsp3) is 0.364. The summed E-state index contributed by atoms with van der Waals surface area (Å²) in [5, 5.41) is 3.60. The molecule has 3 N–H and O–H groups in total. The van der Waals surface area contributed by atoms with Crippen molar-refractivity contribution >= 4 is 23.2 Å². The Hall–Kier alpha value is -1.06. The second-order valence-electron chi connectivity index (χ2n) is 3.75. The molecule has 0 bridgehead atoms. The summed E-state index contributed by atoms with van der Waals surface area (Å²) in [5.41, 5.74) is 9.55. The molecule has 3 nitrogen and oxygen atoms in total. The van der Waals surface area contributed by atoms with Crippen molar-refractivity contribution in [3.05, 3.63) is 27.8 Å². The first-order valence-corrected chi connectivity index (χ1v) is 5.32. The van der Waals surface area contributed by atoms with E-state index < -0.39 is 0 Å². The molecule has 1 amide bonds. The molecule has 15 heavy (non-hydrogen) atoms. The molecule has 0 aliphatic carbocycles. The van der Waals surface area contributed by atoms with Gasteiger partial charge in [-0.15, -0.1) is 0 Å². The van der Waals surface area contributed by atoms with Crippen molar-refractivity contribution < 1.29 is 4.79 Å².